The van der Waals surface area contributed by atoms with Crippen molar-refractivity contribution in [3.63, 3.8) is 0 Å². The predicted octanol–water partition coefficient (Wildman–Crippen LogP) is 3.48. The Morgan fingerprint density at radius 1 is 0.885 bits per heavy atom. The summed E-state index contributed by atoms with van der Waals surface area (Å²) in [5, 5.41) is 4.86. The summed E-state index contributed by atoms with van der Waals surface area (Å²) in [6.45, 7) is 0. The highest BCUT2D eigenvalue weighted by Crippen LogP contribution is 2.29. The molecule has 3 aromatic rings. The van der Waals surface area contributed by atoms with Crippen molar-refractivity contribution in [3.8, 4) is 0 Å². The average molecular weight is 365 g/mol. The fourth-order valence-corrected chi connectivity index (χ4v) is 3.15. The second-order valence-corrected chi connectivity index (χ2v) is 6.11. The highest BCUT2D eigenvalue weighted by molar-refractivity contribution is 7.80. The smallest absolute Gasteiger partial charge is 0.280 e. The molecule has 0 bridgehead atoms. The summed E-state index contributed by atoms with van der Waals surface area (Å²) in [6, 6.07) is 16.5. The van der Waals surface area contributed by atoms with Crippen LogP contribution >= 0.6 is 12.2 Å². The van der Waals surface area contributed by atoms with Crippen molar-refractivity contribution in [2.75, 3.05) is 5.32 Å². The van der Waals surface area contributed by atoms with Gasteiger partial charge in [0.25, 0.3) is 11.8 Å². The number of nitrogens with one attached hydrogen (secondary N) is 2. The maximum Gasteiger partial charge on any atom is 0.280 e. The first-order valence-corrected chi connectivity index (χ1v) is 8.20. The number of halogens is 1. The highest BCUT2D eigenvalue weighted by Gasteiger charge is 2.33. The third-order valence-corrected chi connectivity index (χ3v) is 4.30. The van der Waals surface area contributed by atoms with Crippen molar-refractivity contribution in [2.24, 2.45) is 0 Å². The van der Waals surface area contributed by atoms with Crippen LogP contribution in [0.2, 0.25) is 0 Å². The van der Waals surface area contributed by atoms with Gasteiger partial charge in [-0.05, 0) is 41.9 Å². The van der Waals surface area contributed by atoms with Gasteiger partial charge in [0.05, 0.1) is 16.8 Å². The number of thiocarbonyl (C=S) groups is 1. The minimum Gasteiger partial charge on any atom is -0.329 e. The minimum absolute atomic E-state index is 0.0663. The number of nitrogens with zero attached hydrogens (tertiary/aromatic N) is 1. The van der Waals surface area contributed by atoms with E-state index in [0.29, 0.717) is 16.5 Å². The molecule has 2 N–H and O–H groups in total. The lowest BCUT2D eigenvalue weighted by molar-refractivity contribution is 0.0568. The fourth-order valence-electron chi connectivity index (χ4n) is 2.95. The molecule has 0 aromatic heterocycles. The lowest BCUT2D eigenvalue weighted by atomic mass is 9.95. The normalized spacial score (nSPS) is 13.0. The van der Waals surface area contributed by atoms with E-state index in [-0.39, 0.29) is 10.8 Å². The molecule has 0 saturated heterocycles. The number of anilines is 1. The number of rotatable bonds is 2. The molecule has 0 unspecified atom stereocenters. The maximum atomic E-state index is 13.7. The molecule has 1 aliphatic heterocycles. The summed E-state index contributed by atoms with van der Waals surface area (Å²) in [7, 11) is 0. The van der Waals surface area contributed by atoms with E-state index in [4.69, 9.17) is 12.2 Å². The first-order chi connectivity index (χ1) is 12.6. The number of carbonyl (C=O) groups is 2. The Morgan fingerprint density at radius 3 is 2.12 bits per heavy atom. The van der Waals surface area contributed by atoms with Gasteiger partial charge in [-0.15, -0.1) is 0 Å². The van der Waals surface area contributed by atoms with E-state index in [1.165, 1.54) is 12.1 Å². The molecule has 0 saturated carbocycles. The zero-order valence-electron chi connectivity index (χ0n) is 13.3. The van der Waals surface area contributed by atoms with Crippen molar-refractivity contribution >= 4 is 45.6 Å². The second kappa shape index (κ2) is 6.20. The molecular formula is C19H12FN3O2S. The van der Waals surface area contributed by atoms with Gasteiger partial charge in [0.1, 0.15) is 5.82 Å². The van der Waals surface area contributed by atoms with E-state index in [9.17, 15) is 14.0 Å². The summed E-state index contributed by atoms with van der Waals surface area (Å²) in [5.74, 6) is -1.53. The molecule has 0 spiro atoms. The summed E-state index contributed by atoms with van der Waals surface area (Å²) < 4.78 is 13.7. The molecule has 0 atom stereocenters. The van der Waals surface area contributed by atoms with Crippen LogP contribution in [-0.2, 0) is 0 Å². The number of benzene rings is 3. The average Bonchev–Trinajstić information content (AvgIpc) is 2.65. The van der Waals surface area contributed by atoms with E-state index in [1.54, 1.807) is 36.4 Å². The van der Waals surface area contributed by atoms with Gasteiger partial charge in [-0.25, -0.2) is 4.39 Å². The Bertz CT molecular complexity index is 1030. The number of carbonyl (C=O) groups excluding carboxylic acids is 2. The van der Waals surface area contributed by atoms with Crippen LogP contribution in [0.4, 0.5) is 10.1 Å². The van der Waals surface area contributed by atoms with Gasteiger partial charge in [-0.1, -0.05) is 36.4 Å². The monoisotopic (exact) mass is 365 g/mol. The maximum absolute atomic E-state index is 13.7. The van der Waals surface area contributed by atoms with Crippen LogP contribution in [0.3, 0.4) is 0 Å². The SMILES string of the molecule is O=C1c2cccc3cccc(c23)C(=O)N1NC(=S)Nc1ccccc1F. The molecule has 2 amide bonds. The van der Waals surface area contributed by atoms with E-state index in [1.807, 2.05) is 12.1 Å². The molecule has 7 heteroatoms. The number of hydrogen-bond acceptors (Lipinski definition) is 3. The van der Waals surface area contributed by atoms with Gasteiger partial charge in [-0.2, -0.15) is 5.01 Å². The van der Waals surface area contributed by atoms with Crippen LogP contribution in [0.5, 0.6) is 0 Å². The quantitative estimate of drug-likeness (QED) is 0.538. The number of para-hydroxylation sites is 1. The molecule has 1 aliphatic rings. The van der Waals surface area contributed by atoms with Gasteiger partial charge < -0.3 is 5.32 Å². The van der Waals surface area contributed by atoms with Crippen molar-refractivity contribution in [1.82, 2.24) is 10.4 Å². The summed E-state index contributed by atoms with van der Waals surface area (Å²) >= 11 is 5.13. The van der Waals surface area contributed by atoms with Crippen LogP contribution in [0.25, 0.3) is 10.8 Å². The molecule has 0 aliphatic carbocycles. The fraction of sp³-hybridized carbons (Fsp3) is 0. The standard InChI is InChI=1S/C19H12FN3O2S/c20-14-9-1-2-10-15(14)21-19(26)22-23-17(24)12-7-3-5-11-6-4-8-13(16(11)12)18(23)25/h1-10H,(H2,21,22,26). The van der Waals surface area contributed by atoms with E-state index < -0.39 is 17.6 Å². The van der Waals surface area contributed by atoms with Crippen LogP contribution in [0.15, 0.2) is 60.7 Å². The molecular weight excluding hydrogens is 353 g/mol. The van der Waals surface area contributed by atoms with E-state index in [2.05, 4.69) is 10.7 Å². The van der Waals surface area contributed by atoms with Gasteiger partial charge in [0.2, 0.25) is 0 Å². The first-order valence-electron chi connectivity index (χ1n) is 7.79. The van der Waals surface area contributed by atoms with Gasteiger partial charge in [0.15, 0.2) is 5.11 Å². The van der Waals surface area contributed by atoms with Crippen LogP contribution in [0, 0.1) is 5.82 Å². The molecule has 0 fully saturated rings. The number of hydrogen-bond donors (Lipinski definition) is 2. The van der Waals surface area contributed by atoms with Gasteiger partial charge >= 0.3 is 0 Å². The van der Waals surface area contributed by atoms with Crippen molar-refractivity contribution in [2.45, 2.75) is 0 Å². The summed E-state index contributed by atoms with van der Waals surface area (Å²) in [5.41, 5.74) is 3.51. The van der Waals surface area contributed by atoms with E-state index >= 15 is 0 Å². The van der Waals surface area contributed by atoms with Crippen LogP contribution < -0.4 is 10.7 Å². The summed E-state index contributed by atoms with van der Waals surface area (Å²) in [6.07, 6.45) is 0. The van der Waals surface area contributed by atoms with Crippen molar-refractivity contribution in [3.05, 3.63) is 77.6 Å². The largest absolute Gasteiger partial charge is 0.329 e. The zero-order chi connectivity index (χ0) is 18.3. The Hall–Kier alpha value is -3.32. The Morgan fingerprint density at radius 2 is 1.50 bits per heavy atom. The Kier molecular flexibility index (Phi) is 3.85. The predicted molar refractivity (Wildman–Crippen MR) is 100 cm³/mol. The zero-order valence-corrected chi connectivity index (χ0v) is 14.1. The lowest BCUT2D eigenvalue weighted by Crippen LogP contribution is -2.52. The highest BCUT2D eigenvalue weighted by atomic mass is 32.1. The van der Waals surface area contributed by atoms with Gasteiger partial charge in [0, 0.05) is 5.39 Å². The molecule has 0 radical (unpaired) electrons. The van der Waals surface area contributed by atoms with Crippen molar-refractivity contribution in [1.29, 1.82) is 0 Å². The Balaban J connectivity index is 1.64. The van der Waals surface area contributed by atoms with Crippen LogP contribution in [-0.4, -0.2) is 21.9 Å². The number of hydrazine groups is 1. The third kappa shape index (κ3) is 2.58. The third-order valence-electron chi connectivity index (χ3n) is 4.11. The first kappa shape index (κ1) is 16.2. The summed E-state index contributed by atoms with van der Waals surface area (Å²) in [4.78, 5) is 25.5. The van der Waals surface area contributed by atoms with Gasteiger partial charge in [-0.3, -0.25) is 15.0 Å². The molecule has 26 heavy (non-hydrogen) atoms. The molecule has 1 heterocycles. The molecule has 5 nitrogen and oxygen atoms in total. The lowest BCUT2D eigenvalue weighted by Gasteiger charge is -2.28. The van der Waals surface area contributed by atoms with Crippen molar-refractivity contribution < 1.29 is 14.0 Å². The van der Waals surface area contributed by atoms with E-state index in [0.717, 1.165) is 10.4 Å². The minimum atomic E-state index is -0.517. The number of amides is 2. The molecule has 3 aromatic carbocycles. The molecule has 128 valence electrons. The number of imide groups is 1. The second-order valence-electron chi connectivity index (χ2n) is 5.70. The topological polar surface area (TPSA) is 61.4 Å². The Labute approximate surface area is 153 Å². The van der Waals surface area contributed by atoms with Crippen LogP contribution in [0.1, 0.15) is 20.7 Å². The molecule has 4 rings (SSSR count).